The maximum absolute atomic E-state index is 11.6. The molecule has 4 aliphatic rings. The van der Waals surface area contributed by atoms with Gasteiger partial charge in [0.1, 0.15) is 0 Å². The van der Waals surface area contributed by atoms with E-state index in [-0.39, 0.29) is 23.4 Å². The minimum atomic E-state index is -0.174. The fourth-order valence-electron chi connectivity index (χ4n) is 4.86. The van der Waals surface area contributed by atoms with Crippen molar-refractivity contribution in [3.8, 4) is 0 Å². The summed E-state index contributed by atoms with van der Waals surface area (Å²) in [5.74, 6) is 0.691. The number of carbonyl (C=O) groups excluding carboxylic acids is 1. The molecule has 0 spiro atoms. The second kappa shape index (κ2) is 4.28. The molecule has 1 aliphatic heterocycles. The Kier molecular flexibility index (Phi) is 2.74. The van der Waals surface area contributed by atoms with E-state index < -0.39 is 0 Å². The van der Waals surface area contributed by atoms with Crippen LogP contribution in [0.25, 0.3) is 0 Å². The van der Waals surface area contributed by atoms with Crippen LogP contribution in [0.2, 0.25) is 0 Å². The number of aliphatic hydroxyl groups excluding tert-OH is 1. The number of fused-ring (bicyclic) bond motifs is 4. The van der Waals surface area contributed by atoms with Crippen LogP contribution in [-0.4, -0.2) is 29.7 Å². The second-order valence-electron chi connectivity index (χ2n) is 7.08. The van der Waals surface area contributed by atoms with Crippen molar-refractivity contribution in [1.82, 2.24) is 0 Å². The first-order valence-electron chi connectivity index (χ1n) is 7.85. The zero-order valence-electron chi connectivity index (χ0n) is 12.0. The van der Waals surface area contributed by atoms with Gasteiger partial charge in [-0.15, -0.1) is 0 Å². The molecule has 0 saturated heterocycles. The fraction of sp³-hybridized carbons (Fsp3) is 0.706. The summed E-state index contributed by atoms with van der Waals surface area (Å²) in [6.07, 6.45) is 7.40. The van der Waals surface area contributed by atoms with Gasteiger partial charge >= 0.3 is 0 Å². The SMILES string of the molecule is C[C@]12CCC3=C4CCC(=O)C=C4CO[C@H]3[C@@H]1CC[C@@H]2O. The summed E-state index contributed by atoms with van der Waals surface area (Å²) in [5, 5.41) is 10.3. The van der Waals surface area contributed by atoms with E-state index in [9.17, 15) is 9.90 Å². The van der Waals surface area contributed by atoms with Gasteiger partial charge in [-0.2, -0.15) is 0 Å². The quantitative estimate of drug-likeness (QED) is 0.738. The van der Waals surface area contributed by atoms with E-state index in [0.29, 0.717) is 18.9 Å². The van der Waals surface area contributed by atoms with Gasteiger partial charge in [0.15, 0.2) is 5.78 Å². The van der Waals surface area contributed by atoms with Crippen molar-refractivity contribution in [2.24, 2.45) is 11.3 Å². The fourth-order valence-corrected chi connectivity index (χ4v) is 4.86. The Balaban J connectivity index is 1.74. The third-order valence-electron chi connectivity index (χ3n) is 6.15. The van der Waals surface area contributed by atoms with Crippen LogP contribution in [0.5, 0.6) is 0 Å². The smallest absolute Gasteiger partial charge is 0.156 e. The Morgan fingerprint density at radius 2 is 2.15 bits per heavy atom. The third kappa shape index (κ3) is 1.63. The van der Waals surface area contributed by atoms with Crippen LogP contribution in [0.15, 0.2) is 22.8 Å². The van der Waals surface area contributed by atoms with Crippen molar-refractivity contribution in [2.75, 3.05) is 6.61 Å². The van der Waals surface area contributed by atoms with Gasteiger partial charge in [0, 0.05) is 6.42 Å². The van der Waals surface area contributed by atoms with E-state index in [4.69, 9.17) is 4.74 Å². The number of ether oxygens (including phenoxy) is 1. The summed E-state index contributed by atoms with van der Waals surface area (Å²) in [7, 11) is 0. The maximum atomic E-state index is 11.6. The van der Waals surface area contributed by atoms with Gasteiger partial charge in [-0.1, -0.05) is 6.92 Å². The predicted octanol–water partition coefficient (Wildman–Crippen LogP) is 2.54. The summed E-state index contributed by atoms with van der Waals surface area (Å²) >= 11 is 0. The van der Waals surface area contributed by atoms with Crippen LogP contribution < -0.4 is 0 Å². The lowest BCUT2D eigenvalue weighted by Gasteiger charge is -2.47. The molecule has 3 aliphatic carbocycles. The van der Waals surface area contributed by atoms with E-state index in [1.165, 1.54) is 11.1 Å². The number of hydrogen-bond donors (Lipinski definition) is 1. The highest BCUT2D eigenvalue weighted by Crippen LogP contribution is 2.56. The Morgan fingerprint density at radius 3 is 3.00 bits per heavy atom. The largest absolute Gasteiger partial charge is 0.393 e. The molecule has 0 aromatic carbocycles. The number of allylic oxidation sites excluding steroid dienone is 1. The molecule has 2 fully saturated rings. The number of hydrogen-bond acceptors (Lipinski definition) is 3. The molecular weight excluding hydrogens is 252 g/mol. The van der Waals surface area contributed by atoms with Gasteiger partial charge in [-0.05, 0) is 66.2 Å². The first kappa shape index (κ1) is 12.8. The molecule has 0 aromatic heterocycles. The number of aliphatic hydroxyl groups is 1. The lowest BCUT2D eigenvalue weighted by molar-refractivity contribution is -0.115. The summed E-state index contributed by atoms with van der Waals surface area (Å²) < 4.78 is 6.14. The molecule has 4 rings (SSSR count). The highest BCUT2D eigenvalue weighted by Gasteiger charge is 2.54. The molecule has 3 nitrogen and oxygen atoms in total. The highest BCUT2D eigenvalue weighted by molar-refractivity contribution is 5.93. The van der Waals surface area contributed by atoms with Crippen molar-refractivity contribution in [3.63, 3.8) is 0 Å². The molecule has 3 heteroatoms. The van der Waals surface area contributed by atoms with Crippen molar-refractivity contribution in [3.05, 3.63) is 22.8 Å². The predicted molar refractivity (Wildman–Crippen MR) is 75.2 cm³/mol. The summed E-state index contributed by atoms with van der Waals surface area (Å²) in [4.78, 5) is 11.6. The number of rotatable bonds is 0. The molecule has 108 valence electrons. The molecule has 0 aromatic rings. The van der Waals surface area contributed by atoms with E-state index in [1.54, 1.807) is 6.08 Å². The molecule has 2 saturated carbocycles. The van der Waals surface area contributed by atoms with Gasteiger partial charge in [0.25, 0.3) is 0 Å². The highest BCUT2D eigenvalue weighted by atomic mass is 16.5. The van der Waals surface area contributed by atoms with Gasteiger partial charge in [0.05, 0.1) is 18.8 Å². The molecule has 0 unspecified atom stereocenters. The summed E-state index contributed by atoms with van der Waals surface area (Å²) in [6.45, 7) is 2.81. The van der Waals surface area contributed by atoms with E-state index in [2.05, 4.69) is 6.92 Å². The normalized spacial score (nSPS) is 43.8. The zero-order chi connectivity index (χ0) is 13.9. The molecule has 1 heterocycles. The zero-order valence-corrected chi connectivity index (χ0v) is 12.0. The molecule has 1 N–H and O–H groups in total. The first-order valence-corrected chi connectivity index (χ1v) is 7.85. The van der Waals surface area contributed by atoms with Crippen molar-refractivity contribution >= 4 is 5.78 Å². The minimum absolute atomic E-state index is 0.0282. The van der Waals surface area contributed by atoms with Crippen LogP contribution in [0.1, 0.15) is 45.4 Å². The Morgan fingerprint density at radius 1 is 1.30 bits per heavy atom. The molecule has 20 heavy (non-hydrogen) atoms. The standard InChI is InChI=1S/C17H22O3/c1-17-7-6-13-12-3-2-11(18)8-10(12)9-20-16(13)14(17)4-5-15(17)19/h8,14-16,19H,2-7,9H2,1H3/t14-,15-,16+,17-/m0/s1. The van der Waals surface area contributed by atoms with Crippen molar-refractivity contribution in [1.29, 1.82) is 0 Å². The van der Waals surface area contributed by atoms with E-state index >= 15 is 0 Å². The summed E-state index contributed by atoms with van der Waals surface area (Å²) in [6, 6.07) is 0. The molecule has 0 amide bonds. The van der Waals surface area contributed by atoms with E-state index in [1.807, 2.05) is 0 Å². The molecule has 0 bridgehead atoms. The van der Waals surface area contributed by atoms with Crippen molar-refractivity contribution < 1.29 is 14.6 Å². The monoisotopic (exact) mass is 274 g/mol. The number of carbonyl (C=O) groups is 1. The Hall–Kier alpha value is -0.930. The van der Waals surface area contributed by atoms with Gasteiger partial charge in [-0.3, -0.25) is 4.79 Å². The Labute approximate surface area is 119 Å². The van der Waals surface area contributed by atoms with Crippen LogP contribution in [0, 0.1) is 11.3 Å². The van der Waals surface area contributed by atoms with Crippen LogP contribution in [-0.2, 0) is 9.53 Å². The summed E-state index contributed by atoms with van der Waals surface area (Å²) in [5.41, 5.74) is 3.99. The second-order valence-corrected chi connectivity index (χ2v) is 7.08. The maximum Gasteiger partial charge on any atom is 0.156 e. The van der Waals surface area contributed by atoms with Crippen LogP contribution in [0.3, 0.4) is 0 Å². The minimum Gasteiger partial charge on any atom is -0.393 e. The Bertz CT molecular complexity index is 530. The van der Waals surface area contributed by atoms with Gasteiger partial charge < -0.3 is 9.84 Å². The van der Waals surface area contributed by atoms with E-state index in [0.717, 1.165) is 37.7 Å². The first-order chi connectivity index (χ1) is 9.59. The van der Waals surface area contributed by atoms with Crippen LogP contribution in [0.4, 0.5) is 0 Å². The lowest BCUT2D eigenvalue weighted by atomic mass is 9.63. The molecule has 4 atom stereocenters. The molecular formula is C17H22O3. The van der Waals surface area contributed by atoms with Gasteiger partial charge in [-0.25, -0.2) is 0 Å². The lowest BCUT2D eigenvalue weighted by Crippen LogP contribution is -2.46. The average Bonchev–Trinajstić information content (AvgIpc) is 2.74. The third-order valence-corrected chi connectivity index (χ3v) is 6.15. The van der Waals surface area contributed by atoms with Gasteiger partial charge in [0.2, 0.25) is 0 Å². The topological polar surface area (TPSA) is 46.5 Å². The van der Waals surface area contributed by atoms with Crippen LogP contribution >= 0.6 is 0 Å². The average molecular weight is 274 g/mol. The molecule has 0 radical (unpaired) electrons. The number of ketones is 1. The van der Waals surface area contributed by atoms with Crippen molar-refractivity contribution in [2.45, 2.75) is 57.7 Å².